The molecule has 0 saturated heterocycles. The number of aliphatic hydroxyl groups excluding tert-OH is 1. The summed E-state index contributed by atoms with van der Waals surface area (Å²) in [5.74, 6) is 0.688. The van der Waals surface area contributed by atoms with Crippen molar-refractivity contribution in [3.05, 3.63) is 29.5 Å². The van der Waals surface area contributed by atoms with E-state index in [1.165, 1.54) is 32.1 Å². The number of hydrogen-bond acceptors (Lipinski definition) is 6. The smallest absolute Gasteiger partial charge is 0.241 e. The monoisotopic (exact) mass is 477 g/mol. The van der Waals surface area contributed by atoms with E-state index >= 15 is 0 Å². The summed E-state index contributed by atoms with van der Waals surface area (Å²) in [6.07, 6.45) is 7.88. The molecule has 2 saturated carbocycles. The van der Waals surface area contributed by atoms with Crippen LogP contribution in [0.5, 0.6) is 0 Å². The van der Waals surface area contributed by atoms with E-state index in [4.69, 9.17) is 4.98 Å². The Bertz CT molecular complexity index is 1040. The Balaban J connectivity index is 1.54. The number of aliphatic hydroxyl groups is 1. The average molecular weight is 478 g/mol. The Hall–Kier alpha value is -1.48. The van der Waals surface area contributed by atoms with E-state index in [0.717, 1.165) is 21.3 Å². The predicted octanol–water partition coefficient (Wildman–Crippen LogP) is 5.00. The molecule has 2 aromatic rings. The lowest BCUT2D eigenvalue weighted by Crippen LogP contribution is -2.33. The second-order valence-electron chi connectivity index (χ2n) is 9.53. The van der Waals surface area contributed by atoms with E-state index in [2.05, 4.69) is 17.0 Å². The minimum absolute atomic E-state index is 0.208. The van der Waals surface area contributed by atoms with Crippen molar-refractivity contribution in [1.29, 1.82) is 0 Å². The molecule has 1 aromatic carbocycles. The topological polar surface area (TPSA) is 91.3 Å². The second kappa shape index (κ2) is 9.79. The van der Waals surface area contributed by atoms with Crippen LogP contribution in [0.2, 0.25) is 0 Å². The molecule has 0 spiro atoms. The van der Waals surface area contributed by atoms with Gasteiger partial charge < -0.3 is 10.4 Å². The highest BCUT2D eigenvalue weighted by Crippen LogP contribution is 2.36. The van der Waals surface area contributed by atoms with Crippen LogP contribution in [0.1, 0.15) is 69.5 Å². The molecule has 3 atom stereocenters. The lowest BCUT2D eigenvalue weighted by Gasteiger charge is -2.28. The number of nitrogens with one attached hydrogen (secondary N) is 2. The van der Waals surface area contributed by atoms with Crippen LogP contribution in [-0.4, -0.2) is 36.7 Å². The van der Waals surface area contributed by atoms with Crippen molar-refractivity contribution in [3.8, 4) is 10.4 Å². The Morgan fingerprint density at radius 2 is 1.88 bits per heavy atom. The minimum Gasteiger partial charge on any atom is -0.393 e. The van der Waals surface area contributed by atoms with Gasteiger partial charge in [0.2, 0.25) is 10.0 Å². The SMILES string of the molecule is Cc1ccc(-c2sc(N[C@@H](C)C3CCCCC3)nc2C)cc1S(=O)(=O)NC1CCC(O)C1. The molecule has 2 aliphatic rings. The summed E-state index contributed by atoms with van der Waals surface area (Å²) in [6.45, 7) is 6.04. The standard InChI is InChI=1S/C24H35N3O3S2/c1-15-9-10-19(13-22(15)32(29,30)27-20-11-12-21(28)14-20)23-17(3)26-24(31-23)25-16(2)18-7-5-4-6-8-18/h9-10,13,16,18,20-21,27-28H,4-8,11-12,14H2,1-3H3,(H,25,26)/t16-,20?,21?/m0/s1. The highest BCUT2D eigenvalue weighted by molar-refractivity contribution is 7.89. The van der Waals surface area contributed by atoms with Crippen molar-refractivity contribution in [1.82, 2.24) is 9.71 Å². The summed E-state index contributed by atoms with van der Waals surface area (Å²) in [5, 5.41) is 14.3. The quantitative estimate of drug-likeness (QED) is 0.522. The first kappa shape index (κ1) is 23.7. The van der Waals surface area contributed by atoms with Gasteiger partial charge in [0.1, 0.15) is 0 Å². The fourth-order valence-electron chi connectivity index (χ4n) is 5.05. The largest absolute Gasteiger partial charge is 0.393 e. The van der Waals surface area contributed by atoms with Gasteiger partial charge in [0.05, 0.1) is 21.6 Å². The Kier molecular flexibility index (Phi) is 7.24. The zero-order chi connectivity index (χ0) is 22.9. The first-order valence-electron chi connectivity index (χ1n) is 11.8. The van der Waals surface area contributed by atoms with E-state index in [-0.39, 0.29) is 6.04 Å². The van der Waals surface area contributed by atoms with Crippen molar-refractivity contribution >= 4 is 26.5 Å². The molecule has 4 rings (SSSR count). The second-order valence-corrected chi connectivity index (χ2v) is 12.2. The number of nitrogens with zero attached hydrogens (tertiary/aromatic N) is 1. The zero-order valence-electron chi connectivity index (χ0n) is 19.2. The molecule has 1 aromatic heterocycles. The number of aryl methyl sites for hydroxylation is 2. The molecule has 1 heterocycles. The van der Waals surface area contributed by atoms with Gasteiger partial charge in [-0.05, 0) is 76.0 Å². The third-order valence-electron chi connectivity index (χ3n) is 6.97. The maximum absolute atomic E-state index is 13.1. The Labute approximate surface area is 195 Å². The first-order chi connectivity index (χ1) is 15.2. The van der Waals surface area contributed by atoms with Gasteiger partial charge in [-0.15, -0.1) is 0 Å². The minimum atomic E-state index is -3.66. The van der Waals surface area contributed by atoms with Crippen molar-refractivity contribution in [2.24, 2.45) is 5.92 Å². The molecule has 32 heavy (non-hydrogen) atoms. The van der Waals surface area contributed by atoms with Gasteiger partial charge in [-0.1, -0.05) is 42.7 Å². The summed E-state index contributed by atoms with van der Waals surface area (Å²) in [7, 11) is -3.66. The summed E-state index contributed by atoms with van der Waals surface area (Å²) in [4.78, 5) is 6.04. The third-order valence-corrected chi connectivity index (χ3v) is 9.77. The normalized spacial score (nSPS) is 23.4. The van der Waals surface area contributed by atoms with Crippen LogP contribution in [0.3, 0.4) is 0 Å². The first-order valence-corrected chi connectivity index (χ1v) is 14.1. The fourth-order valence-corrected chi connectivity index (χ4v) is 7.66. The van der Waals surface area contributed by atoms with Gasteiger partial charge in [-0.25, -0.2) is 18.1 Å². The van der Waals surface area contributed by atoms with Crippen LogP contribution in [0.15, 0.2) is 23.1 Å². The molecular formula is C24H35N3O3S2. The molecule has 3 N–H and O–H groups in total. The molecule has 6 nitrogen and oxygen atoms in total. The zero-order valence-corrected chi connectivity index (χ0v) is 20.9. The lowest BCUT2D eigenvalue weighted by molar-refractivity contribution is 0.181. The molecular weight excluding hydrogens is 442 g/mol. The lowest BCUT2D eigenvalue weighted by atomic mass is 9.85. The van der Waals surface area contributed by atoms with Crippen LogP contribution in [-0.2, 0) is 10.0 Å². The molecule has 0 bridgehead atoms. The van der Waals surface area contributed by atoms with E-state index in [1.54, 1.807) is 17.4 Å². The highest BCUT2D eigenvalue weighted by Gasteiger charge is 2.29. The van der Waals surface area contributed by atoms with Gasteiger partial charge in [0, 0.05) is 12.1 Å². The van der Waals surface area contributed by atoms with Crippen molar-refractivity contribution in [2.75, 3.05) is 5.32 Å². The highest BCUT2D eigenvalue weighted by atomic mass is 32.2. The molecule has 176 valence electrons. The van der Waals surface area contributed by atoms with Crippen molar-refractivity contribution in [3.63, 3.8) is 0 Å². The van der Waals surface area contributed by atoms with Crippen LogP contribution < -0.4 is 10.0 Å². The maximum atomic E-state index is 13.1. The number of aromatic nitrogens is 1. The van der Waals surface area contributed by atoms with Crippen LogP contribution >= 0.6 is 11.3 Å². The van der Waals surface area contributed by atoms with E-state index in [1.807, 2.05) is 26.0 Å². The molecule has 0 aliphatic heterocycles. The Morgan fingerprint density at radius 1 is 1.12 bits per heavy atom. The number of thiazole rings is 1. The van der Waals surface area contributed by atoms with Gasteiger partial charge >= 0.3 is 0 Å². The molecule has 2 aliphatic carbocycles. The number of sulfonamides is 1. The molecule has 8 heteroatoms. The number of hydrogen-bond donors (Lipinski definition) is 3. The number of benzene rings is 1. The van der Waals surface area contributed by atoms with E-state index in [0.29, 0.717) is 41.7 Å². The molecule has 0 amide bonds. The van der Waals surface area contributed by atoms with Gasteiger partial charge in [-0.2, -0.15) is 0 Å². The van der Waals surface area contributed by atoms with Gasteiger partial charge in [0.15, 0.2) is 5.13 Å². The van der Waals surface area contributed by atoms with Crippen LogP contribution in [0, 0.1) is 19.8 Å². The average Bonchev–Trinajstić information content (AvgIpc) is 3.33. The van der Waals surface area contributed by atoms with Gasteiger partial charge in [-0.3, -0.25) is 0 Å². The number of anilines is 1. The van der Waals surface area contributed by atoms with Crippen LogP contribution in [0.4, 0.5) is 5.13 Å². The van der Waals surface area contributed by atoms with E-state index in [9.17, 15) is 13.5 Å². The fraction of sp³-hybridized carbons (Fsp3) is 0.625. The maximum Gasteiger partial charge on any atom is 0.241 e. The molecule has 2 fully saturated rings. The van der Waals surface area contributed by atoms with E-state index < -0.39 is 16.1 Å². The van der Waals surface area contributed by atoms with Crippen molar-refractivity contribution in [2.45, 2.75) is 95.2 Å². The summed E-state index contributed by atoms with van der Waals surface area (Å²) in [6, 6.07) is 5.78. The number of rotatable bonds is 7. The summed E-state index contributed by atoms with van der Waals surface area (Å²) < 4.78 is 29.0. The van der Waals surface area contributed by atoms with Gasteiger partial charge in [0.25, 0.3) is 0 Å². The summed E-state index contributed by atoms with van der Waals surface area (Å²) in [5.41, 5.74) is 2.49. The Morgan fingerprint density at radius 3 is 2.56 bits per heavy atom. The predicted molar refractivity (Wildman–Crippen MR) is 131 cm³/mol. The summed E-state index contributed by atoms with van der Waals surface area (Å²) >= 11 is 1.59. The van der Waals surface area contributed by atoms with Crippen molar-refractivity contribution < 1.29 is 13.5 Å². The molecule has 0 radical (unpaired) electrons. The third kappa shape index (κ3) is 5.35. The van der Waals surface area contributed by atoms with Crippen LogP contribution in [0.25, 0.3) is 10.4 Å². The molecule has 2 unspecified atom stereocenters.